The maximum atomic E-state index is 12.7. The average molecular weight is 286 g/mol. The van der Waals surface area contributed by atoms with Crippen molar-refractivity contribution < 1.29 is 4.79 Å². The number of nitrogens with zero attached hydrogens (tertiary/aromatic N) is 2. The highest BCUT2D eigenvalue weighted by molar-refractivity contribution is 5.94. The molecule has 2 heterocycles. The molecule has 1 atom stereocenters. The van der Waals surface area contributed by atoms with Crippen molar-refractivity contribution in [1.82, 2.24) is 9.80 Å². The lowest BCUT2D eigenvalue weighted by atomic mass is 9.74. The monoisotopic (exact) mass is 286 g/mol. The van der Waals surface area contributed by atoms with Gasteiger partial charge in [0.2, 0.25) is 0 Å². The summed E-state index contributed by atoms with van der Waals surface area (Å²) in [6.45, 7) is 6.25. The number of amides is 1. The zero-order valence-corrected chi connectivity index (χ0v) is 13.3. The third kappa shape index (κ3) is 3.13. The Morgan fingerprint density at radius 3 is 2.38 bits per heavy atom. The van der Waals surface area contributed by atoms with Crippen LogP contribution in [0.4, 0.5) is 0 Å². The van der Waals surface area contributed by atoms with Crippen molar-refractivity contribution >= 4 is 5.91 Å². The van der Waals surface area contributed by atoms with Crippen molar-refractivity contribution in [2.24, 2.45) is 5.41 Å². The Morgan fingerprint density at radius 1 is 1.05 bits per heavy atom. The van der Waals surface area contributed by atoms with Crippen LogP contribution < -0.4 is 0 Å². The van der Waals surface area contributed by atoms with Crippen molar-refractivity contribution in [3.8, 4) is 0 Å². The number of carbonyl (C=O) groups excluding carboxylic acids is 1. The third-order valence-electron chi connectivity index (χ3n) is 5.10. The number of likely N-dealkylation sites (tertiary alicyclic amines) is 2. The number of hydrogen-bond donors (Lipinski definition) is 0. The van der Waals surface area contributed by atoms with E-state index in [1.807, 2.05) is 24.3 Å². The van der Waals surface area contributed by atoms with Crippen LogP contribution in [0.5, 0.6) is 0 Å². The highest BCUT2D eigenvalue weighted by Crippen LogP contribution is 2.38. The summed E-state index contributed by atoms with van der Waals surface area (Å²) in [7, 11) is 2.21. The van der Waals surface area contributed by atoms with Crippen molar-refractivity contribution in [3.63, 3.8) is 0 Å². The van der Waals surface area contributed by atoms with E-state index in [2.05, 4.69) is 23.8 Å². The lowest BCUT2D eigenvalue weighted by molar-refractivity contribution is 0.0206. The molecule has 3 rings (SSSR count). The summed E-state index contributed by atoms with van der Waals surface area (Å²) in [5.74, 6) is 0.210. The van der Waals surface area contributed by atoms with Crippen LogP contribution >= 0.6 is 0 Å². The molecule has 0 N–H and O–H groups in total. The topological polar surface area (TPSA) is 23.6 Å². The minimum absolute atomic E-state index is 0.210. The number of aryl methyl sites for hydroxylation is 1. The molecule has 1 aromatic rings. The van der Waals surface area contributed by atoms with Crippen LogP contribution in [-0.2, 0) is 0 Å². The molecule has 1 spiro atoms. The lowest BCUT2D eigenvalue weighted by Gasteiger charge is -2.47. The van der Waals surface area contributed by atoms with E-state index >= 15 is 0 Å². The second-order valence-corrected chi connectivity index (χ2v) is 7.04. The average Bonchev–Trinajstić information content (AvgIpc) is 2.47. The summed E-state index contributed by atoms with van der Waals surface area (Å²) in [5.41, 5.74) is 2.38. The maximum Gasteiger partial charge on any atom is 0.253 e. The predicted molar refractivity (Wildman–Crippen MR) is 85.5 cm³/mol. The fourth-order valence-corrected chi connectivity index (χ4v) is 4.05. The molecular weight excluding hydrogens is 260 g/mol. The quantitative estimate of drug-likeness (QED) is 0.792. The first kappa shape index (κ1) is 14.6. The molecule has 1 aromatic carbocycles. The molecule has 2 aliphatic rings. The highest BCUT2D eigenvalue weighted by atomic mass is 16.2. The highest BCUT2D eigenvalue weighted by Gasteiger charge is 2.39. The Labute approximate surface area is 127 Å². The molecule has 0 saturated carbocycles. The van der Waals surface area contributed by atoms with E-state index in [0.717, 1.165) is 31.6 Å². The first-order valence-corrected chi connectivity index (χ1v) is 8.13. The Balaban J connectivity index is 1.73. The van der Waals surface area contributed by atoms with E-state index in [1.54, 1.807) is 0 Å². The zero-order chi connectivity index (χ0) is 14.9. The zero-order valence-electron chi connectivity index (χ0n) is 13.3. The summed E-state index contributed by atoms with van der Waals surface area (Å²) in [5, 5.41) is 0. The molecule has 3 nitrogen and oxygen atoms in total. The summed E-state index contributed by atoms with van der Waals surface area (Å²) in [6, 6.07) is 7.99. The van der Waals surface area contributed by atoms with E-state index in [4.69, 9.17) is 0 Å². The van der Waals surface area contributed by atoms with Crippen LogP contribution in [-0.4, -0.2) is 48.9 Å². The molecule has 1 amide bonds. The molecule has 21 heavy (non-hydrogen) atoms. The molecule has 0 aliphatic carbocycles. The second kappa shape index (κ2) is 5.80. The summed E-state index contributed by atoms with van der Waals surface area (Å²) in [6.07, 6.45) is 4.96. The van der Waals surface area contributed by atoms with Crippen LogP contribution in [0, 0.1) is 12.3 Å². The largest absolute Gasteiger partial charge is 0.338 e. The van der Waals surface area contributed by atoms with Crippen LogP contribution in [0.2, 0.25) is 0 Å². The van der Waals surface area contributed by atoms with E-state index < -0.39 is 0 Å². The van der Waals surface area contributed by atoms with Gasteiger partial charge in [0.25, 0.3) is 5.91 Å². The molecule has 0 bridgehead atoms. The minimum atomic E-state index is 0.210. The molecule has 1 unspecified atom stereocenters. The normalized spacial score (nSPS) is 27.0. The van der Waals surface area contributed by atoms with Gasteiger partial charge in [-0.3, -0.25) is 4.79 Å². The number of rotatable bonds is 1. The van der Waals surface area contributed by atoms with Gasteiger partial charge in [-0.1, -0.05) is 17.7 Å². The van der Waals surface area contributed by atoms with Crippen molar-refractivity contribution in [1.29, 1.82) is 0 Å². The number of piperidine rings is 2. The molecule has 114 valence electrons. The number of benzene rings is 1. The number of carbonyl (C=O) groups is 1. The molecular formula is C18H26N2O. The first-order chi connectivity index (χ1) is 10.1. The smallest absolute Gasteiger partial charge is 0.253 e. The van der Waals surface area contributed by atoms with Crippen molar-refractivity contribution in [3.05, 3.63) is 35.4 Å². The minimum Gasteiger partial charge on any atom is -0.338 e. The van der Waals surface area contributed by atoms with Gasteiger partial charge in [-0.05, 0) is 58.3 Å². The molecule has 0 radical (unpaired) electrons. The summed E-state index contributed by atoms with van der Waals surface area (Å²) in [4.78, 5) is 17.3. The number of hydrogen-bond acceptors (Lipinski definition) is 2. The molecule has 2 aliphatic heterocycles. The van der Waals surface area contributed by atoms with Gasteiger partial charge in [-0.2, -0.15) is 0 Å². The van der Waals surface area contributed by atoms with Gasteiger partial charge in [-0.25, -0.2) is 0 Å². The van der Waals surface area contributed by atoms with E-state index in [0.29, 0.717) is 5.41 Å². The van der Waals surface area contributed by atoms with Crippen LogP contribution in [0.3, 0.4) is 0 Å². The van der Waals surface area contributed by atoms with Crippen LogP contribution in [0.25, 0.3) is 0 Å². The third-order valence-corrected chi connectivity index (χ3v) is 5.10. The molecule has 0 aromatic heterocycles. The van der Waals surface area contributed by atoms with Gasteiger partial charge < -0.3 is 9.80 Å². The fraction of sp³-hybridized carbons (Fsp3) is 0.611. The van der Waals surface area contributed by atoms with E-state index in [1.165, 1.54) is 31.4 Å². The van der Waals surface area contributed by atoms with Crippen LogP contribution in [0.1, 0.15) is 41.6 Å². The van der Waals surface area contributed by atoms with Crippen molar-refractivity contribution in [2.75, 3.05) is 33.2 Å². The van der Waals surface area contributed by atoms with E-state index in [-0.39, 0.29) is 5.91 Å². The molecule has 2 fully saturated rings. The maximum absolute atomic E-state index is 12.7. The summed E-state index contributed by atoms with van der Waals surface area (Å²) < 4.78 is 0. The van der Waals surface area contributed by atoms with Crippen LogP contribution in [0.15, 0.2) is 24.3 Å². The Morgan fingerprint density at radius 2 is 1.71 bits per heavy atom. The predicted octanol–water partition coefficient (Wildman–Crippen LogP) is 2.94. The Hall–Kier alpha value is -1.35. The SMILES string of the molecule is Cc1ccc(C(=O)N2CCCC3(CCCN(C)C3)C2)cc1. The van der Waals surface area contributed by atoms with E-state index in [9.17, 15) is 4.79 Å². The van der Waals surface area contributed by atoms with Gasteiger partial charge in [0.1, 0.15) is 0 Å². The first-order valence-electron chi connectivity index (χ1n) is 8.13. The fourth-order valence-electron chi connectivity index (χ4n) is 4.05. The van der Waals surface area contributed by atoms with Gasteiger partial charge >= 0.3 is 0 Å². The van der Waals surface area contributed by atoms with Gasteiger partial charge in [0, 0.05) is 30.6 Å². The standard InChI is InChI=1S/C18H26N2O/c1-15-5-7-16(8-6-15)17(21)20-12-4-10-18(14-20)9-3-11-19(2)13-18/h5-8H,3-4,9-14H2,1-2H3. The van der Waals surface area contributed by atoms with Gasteiger partial charge in [0.05, 0.1) is 0 Å². The Bertz CT molecular complexity index is 506. The molecule has 2 saturated heterocycles. The van der Waals surface area contributed by atoms with Crippen molar-refractivity contribution in [2.45, 2.75) is 32.6 Å². The van der Waals surface area contributed by atoms with Gasteiger partial charge in [-0.15, -0.1) is 0 Å². The summed E-state index contributed by atoms with van der Waals surface area (Å²) >= 11 is 0. The second-order valence-electron chi connectivity index (χ2n) is 7.04. The lowest BCUT2D eigenvalue weighted by Crippen LogP contribution is -2.52. The molecule has 3 heteroatoms. The Kier molecular flexibility index (Phi) is 4.03. The van der Waals surface area contributed by atoms with Gasteiger partial charge in [0.15, 0.2) is 0 Å².